The van der Waals surface area contributed by atoms with Crippen LogP contribution < -0.4 is 10.2 Å². The number of carbonyl (C=O) groups is 1. The van der Waals surface area contributed by atoms with Crippen molar-refractivity contribution in [2.24, 2.45) is 0 Å². The van der Waals surface area contributed by atoms with Crippen LogP contribution in [0.1, 0.15) is 63.5 Å². The van der Waals surface area contributed by atoms with Crippen LogP contribution in [0.5, 0.6) is 0 Å². The number of carboxylic acids is 1. The van der Waals surface area contributed by atoms with E-state index in [1.54, 1.807) is 12.1 Å². The largest absolute Gasteiger partial charge is 0.481 e. The zero-order valence-electron chi connectivity index (χ0n) is 18.4. The molecule has 31 heavy (non-hydrogen) atoms. The van der Waals surface area contributed by atoms with Gasteiger partial charge in [0.1, 0.15) is 0 Å². The smallest absolute Gasteiger partial charge is 0.303 e. The number of anilines is 3. The van der Waals surface area contributed by atoms with Crippen molar-refractivity contribution in [1.82, 2.24) is 0 Å². The molecular weight excluding hydrogens is 390 g/mol. The van der Waals surface area contributed by atoms with Crippen LogP contribution in [0, 0.1) is 11.3 Å². The second-order valence-electron chi connectivity index (χ2n) is 8.80. The van der Waals surface area contributed by atoms with Crippen molar-refractivity contribution in [3.63, 3.8) is 0 Å². The Bertz CT molecular complexity index is 957. The highest BCUT2D eigenvalue weighted by Crippen LogP contribution is 2.39. The van der Waals surface area contributed by atoms with Gasteiger partial charge in [-0.25, -0.2) is 0 Å². The molecule has 6 heteroatoms. The van der Waals surface area contributed by atoms with Gasteiger partial charge < -0.3 is 20.4 Å². The van der Waals surface area contributed by atoms with Crippen LogP contribution in [0.15, 0.2) is 42.5 Å². The summed E-state index contributed by atoms with van der Waals surface area (Å²) < 4.78 is 0. The van der Waals surface area contributed by atoms with Crippen molar-refractivity contribution in [3.05, 3.63) is 53.6 Å². The molecule has 1 unspecified atom stereocenters. The number of hydrogen-bond acceptors (Lipinski definition) is 5. The summed E-state index contributed by atoms with van der Waals surface area (Å²) in [5.41, 5.74) is 3.45. The first kappa shape index (κ1) is 22.6. The van der Waals surface area contributed by atoms with Gasteiger partial charge in [-0.15, -0.1) is 0 Å². The summed E-state index contributed by atoms with van der Waals surface area (Å²) in [5, 5.41) is 32.5. The highest BCUT2D eigenvalue weighted by molar-refractivity contribution is 5.77. The van der Waals surface area contributed by atoms with E-state index in [-0.39, 0.29) is 18.4 Å². The topological polar surface area (TPSA) is 96.6 Å². The maximum Gasteiger partial charge on any atom is 0.303 e. The average Bonchev–Trinajstić information content (AvgIpc) is 3.23. The van der Waals surface area contributed by atoms with Crippen molar-refractivity contribution in [3.8, 4) is 6.07 Å². The molecule has 0 radical (unpaired) electrons. The molecule has 164 valence electrons. The summed E-state index contributed by atoms with van der Waals surface area (Å²) in [6.45, 7) is 6.54. The maximum atomic E-state index is 11.3. The Morgan fingerprint density at radius 3 is 2.58 bits per heavy atom. The van der Waals surface area contributed by atoms with E-state index in [2.05, 4.69) is 16.3 Å². The van der Waals surface area contributed by atoms with Gasteiger partial charge in [-0.05, 0) is 81.0 Å². The van der Waals surface area contributed by atoms with Crippen molar-refractivity contribution >= 4 is 23.0 Å². The van der Waals surface area contributed by atoms with Gasteiger partial charge in [0.15, 0.2) is 0 Å². The standard InChI is InChI=1S/C25H31N3O3/c1-4-18(15-24(29)30)19-9-12-22(28-13-5-6-23(28)25(2,3)31)21(14-19)27-20-10-7-17(16-26)8-11-20/h7-12,14,18,23,27,31H,4-6,13,15H2,1-3H3,(H,29,30)/t18?,23-/m1/s1. The Balaban J connectivity index is 2.02. The molecule has 3 rings (SSSR count). The third-order valence-corrected chi connectivity index (χ3v) is 6.08. The van der Waals surface area contributed by atoms with Crippen LogP contribution in [0.25, 0.3) is 0 Å². The molecule has 2 atom stereocenters. The number of benzene rings is 2. The SMILES string of the molecule is CCC(CC(=O)O)c1ccc(N2CCC[C@@H]2C(C)(C)O)c(Nc2ccc(C#N)cc2)c1. The molecule has 0 saturated carbocycles. The lowest BCUT2D eigenvalue weighted by atomic mass is 9.91. The first-order chi connectivity index (χ1) is 14.7. The Labute approximate surface area is 184 Å². The van der Waals surface area contributed by atoms with E-state index in [9.17, 15) is 15.0 Å². The Morgan fingerprint density at radius 1 is 1.29 bits per heavy atom. The molecule has 0 aliphatic carbocycles. The van der Waals surface area contributed by atoms with Crippen LogP contribution in [-0.4, -0.2) is 34.4 Å². The zero-order chi connectivity index (χ0) is 22.6. The van der Waals surface area contributed by atoms with Gasteiger partial charge in [-0.3, -0.25) is 4.79 Å². The minimum Gasteiger partial charge on any atom is -0.481 e. The number of nitriles is 1. The molecule has 0 bridgehead atoms. The van der Waals surface area contributed by atoms with Crippen molar-refractivity contribution in [2.45, 2.75) is 64.0 Å². The predicted molar refractivity (Wildman–Crippen MR) is 123 cm³/mol. The van der Waals surface area contributed by atoms with E-state index in [1.807, 2.05) is 51.1 Å². The zero-order valence-corrected chi connectivity index (χ0v) is 18.4. The number of aliphatic carboxylic acids is 1. The van der Waals surface area contributed by atoms with Gasteiger partial charge in [0.25, 0.3) is 0 Å². The molecule has 0 spiro atoms. The molecule has 0 aromatic heterocycles. The third-order valence-electron chi connectivity index (χ3n) is 6.08. The minimum absolute atomic E-state index is 0.000793. The van der Waals surface area contributed by atoms with Crippen LogP contribution in [-0.2, 0) is 4.79 Å². The number of aliphatic hydroxyl groups is 1. The lowest BCUT2D eigenvalue weighted by molar-refractivity contribution is -0.137. The molecular formula is C25H31N3O3. The van der Waals surface area contributed by atoms with Crippen LogP contribution in [0.4, 0.5) is 17.1 Å². The first-order valence-electron chi connectivity index (χ1n) is 10.8. The van der Waals surface area contributed by atoms with Crippen molar-refractivity contribution < 1.29 is 15.0 Å². The monoisotopic (exact) mass is 421 g/mol. The van der Waals surface area contributed by atoms with E-state index in [0.29, 0.717) is 5.56 Å². The van der Waals surface area contributed by atoms with E-state index < -0.39 is 11.6 Å². The van der Waals surface area contributed by atoms with Crippen LogP contribution >= 0.6 is 0 Å². The lowest BCUT2D eigenvalue weighted by Crippen LogP contribution is -2.46. The Hall–Kier alpha value is -3.04. The lowest BCUT2D eigenvalue weighted by Gasteiger charge is -2.36. The molecule has 6 nitrogen and oxygen atoms in total. The van der Waals surface area contributed by atoms with Crippen molar-refractivity contribution in [2.75, 3.05) is 16.8 Å². The number of nitrogens with one attached hydrogen (secondary N) is 1. The second kappa shape index (κ2) is 9.40. The molecule has 0 amide bonds. The quantitative estimate of drug-likeness (QED) is 0.554. The average molecular weight is 422 g/mol. The summed E-state index contributed by atoms with van der Waals surface area (Å²) in [6.07, 6.45) is 2.74. The fraction of sp³-hybridized carbons (Fsp3) is 0.440. The molecule has 1 heterocycles. The summed E-state index contributed by atoms with van der Waals surface area (Å²) in [4.78, 5) is 13.6. The van der Waals surface area contributed by atoms with Gasteiger partial charge in [-0.1, -0.05) is 13.0 Å². The van der Waals surface area contributed by atoms with Gasteiger partial charge in [0.2, 0.25) is 0 Å². The molecule has 3 N–H and O–H groups in total. The highest BCUT2D eigenvalue weighted by atomic mass is 16.4. The number of nitrogens with zero attached hydrogens (tertiary/aromatic N) is 2. The fourth-order valence-electron chi connectivity index (χ4n) is 4.44. The second-order valence-corrected chi connectivity index (χ2v) is 8.80. The van der Waals surface area contributed by atoms with Crippen molar-refractivity contribution in [1.29, 1.82) is 5.26 Å². The summed E-state index contributed by atoms with van der Waals surface area (Å²) >= 11 is 0. The molecule has 1 aliphatic rings. The molecule has 1 aliphatic heterocycles. The summed E-state index contributed by atoms with van der Waals surface area (Å²) in [5.74, 6) is -0.879. The predicted octanol–water partition coefficient (Wildman–Crippen LogP) is 5.01. The number of carboxylic acid groups (broad SMARTS) is 1. The number of hydrogen-bond donors (Lipinski definition) is 3. The Morgan fingerprint density at radius 2 is 2.00 bits per heavy atom. The van der Waals surface area contributed by atoms with E-state index in [0.717, 1.165) is 48.4 Å². The summed E-state index contributed by atoms with van der Waals surface area (Å²) in [6, 6.07) is 15.5. The van der Waals surface area contributed by atoms with E-state index >= 15 is 0 Å². The van der Waals surface area contributed by atoms with Gasteiger partial charge in [0.05, 0.1) is 41.1 Å². The first-order valence-corrected chi connectivity index (χ1v) is 10.8. The van der Waals surface area contributed by atoms with Crippen LogP contribution in [0.3, 0.4) is 0 Å². The minimum atomic E-state index is -0.837. The Kier molecular flexibility index (Phi) is 6.87. The highest BCUT2D eigenvalue weighted by Gasteiger charge is 2.37. The molecule has 1 fully saturated rings. The van der Waals surface area contributed by atoms with E-state index in [1.165, 1.54) is 0 Å². The fourth-order valence-corrected chi connectivity index (χ4v) is 4.44. The van der Waals surface area contributed by atoms with Gasteiger partial charge in [-0.2, -0.15) is 5.26 Å². The maximum absolute atomic E-state index is 11.3. The van der Waals surface area contributed by atoms with Crippen LogP contribution in [0.2, 0.25) is 0 Å². The van der Waals surface area contributed by atoms with Gasteiger partial charge >= 0.3 is 5.97 Å². The molecule has 1 saturated heterocycles. The molecule has 2 aromatic rings. The molecule has 2 aromatic carbocycles. The van der Waals surface area contributed by atoms with E-state index in [4.69, 9.17) is 5.26 Å². The van der Waals surface area contributed by atoms with Gasteiger partial charge in [0, 0.05) is 12.2 Å². The number of rotatable bonds is 8. The normalized spacial score (nSPS) is 17.3. The summed E-state index contributed by atoms with van der Waals surface area (Å²) in [7, 11) is 0. The third kappa shape index (κ3) is 5.36.